The molecule has 6 heteroatoms. The highest BCUT2D eigenvalue weighted by Crippen LogP contribution is 2.29. The molecule has 0 aliphatic rings. The van der Waals surface area contributed by atoms with Crippen molar-refractivity contribution in [1.82, 2.24) is 0 Å². The number of ether oxygens (including phenoxy) is 1. The maximum absolute atomic E-state index is 12.2. The molecule has 1 rings (SSSR count). The normalized spacial score (nSPS) is 11.4. The van der Waals surface area contributed by atoms with Crippen molar-refractivity contribution in [3.8, 4) is 5.75 Å². The lowest BCUT2D eigenvalue weighted by molar-refractivity contribution is -0.0885. The van der Waals surface area contributed by atoms with E-state index in [1.807, 2.05) is 6.92 Å². The van der Waals surface area contributed by atoms with Gasteiger partial charge in [-0.15, -0.1) is 0 Å². The van der Waals surface area contributed by atoms with Crippen LogP contribution in [0, 0.1) is 0 Å². The predicted octanol–water partition coefficient (Wildman–Crippen LogP) is 3.98. The summed E-state index contributed by atoms with van der Waals surface area (Å²) in [6.07, 6.45) is -4.07. The first-order valence-electron chi connectivity index (χ1n) is 4.90. The molecule has 0 radical (unpaired) electrons. The SMILES string of the molecule is CCCOc1ccc(C(=O)C(F)(F)F)cc1Br. The fourth-order valence-corrected chi connectivity index (χ4v) is 1.63. The summed E-state index contributed by atoms with van der Waals surface area (Å²) >= 11 is 3.07. The predicted molar refractivity (Wildman–Crippen MR) is 60.3 cm³/mol. The molecule has 94 valence electrons. The standard InChI is InChI=1S/C11H10BrF3O2/c1-2-5-17-9-4-3-7(6-8(9)12)10(16)11(13,14)15/h3-4,6H,2,5H2,1H3. The quantitative estimate of drug-likeness (QED) is 0.786. The summed E-state index contributed by atoms with van der Waals surface area (Å²) in [6.45, 7) is 2.38. The van der Waals surface area contributed by atoms with Gasteiger partial charge >= 0.3 is 6.18 Å². The van der Waals surface area contributed by atoms with E-state index in [-0.39, 0.29) is 0 Å². The lowest BCUT2D eigenvalue weighted by atomic mass is 10.1. The van der Waals surface area contributed by atoms with Gasteiger partial charge in [-0.25, -0.2) is 0 Å². The molecular formula is C11H10BrF3O2. The van der Waals surface area contributed by atoms with Crippen LogP contribution in [-0.2, 0) is 0 Å². The van der Waals surface area contributed by atoms with Crippen molar-refractivity contribution in [3.63, 3.8) is 0 Å². The molecule has 0 bridgehead atoms. The van der Waals surface area contributed by atoms with Crippen molar-refractivity contribution in [2.75, 3.05) is 6.61 Å². The third-order valence-corrected chi connectivity index (χ3v) is 2.53. The highest BCUT2D eigenvalue weighted by molar-refractivity contribution is 9.10. The van der Waals surface area contributed by atoms with Gasteiger partial charge in [0.15, 0.2) is 0 Å². The zero-order valence-corrected chi connectivity index (χ0v) is 10.6. The topological polar surface area (TPSA) is 26.3 Å². The molecule has 0 saturated carbocycles. The van der Waals surface area contributed by atoms with Gasteiger partial charge in [0.2, 0.25) is 0 Å². The summed E-state index contributed by atoms with van der Waals surface area (Å²) in [6, 6.07) is 3.56. The van der Waals surface area contributed by atoms with E-state index in [9.17, 15) is 18.0 Å². The number of ketones is 1. The molecule has 0 heterocycles. The average Bonchev–Trinajstić information content (AvgIpc) is 2.25. The molecule has 1 aromatic rings. The lowest BCUT2D eigenvalue weighted by Gasteiger charge is -2.09. The van der Waals surface area contributed by atoms with Crippen molar-refractivity contribution < 1.29 is 22.7 Å². The van der Waals surface area contributed by atoms with Crippen LogP contribution in [0.4, 0.5) is 13.2 Å². The highest BCUT2D eigenvalue weighted by Gasteiger charge is 2.39. The molecule has 0 atom stereocenters. The molecule has 0 aliphatic carbocycles. The maximum atomic E-state index is 12.2. The van der Waals surface area contributed by atoms with Crippen LogP contribution in [0.3, 0.4) is 0 Å². The molecule has 0 amide bonds. The Balaban J connectivity index is 2.93. The minimum atomic E-state index is -4.86. The van der Waals surface area contributed by atoms with Crippen molar-refractivity contribution in [2.45, 2.75) is 19.5 Å². The van der Waals surface area contributed by atoms with Crippen molar-refractivity contribution in [2.24, 2.45) is 0 Å². The molecule has 0 N–H and O–H groups in total. The van der Waals surface area contributed by atoms with E-state index in [4.69, 9.17) is 4.74 Å². The number of carbonyl (C=O) groups excluding carboxylic acids is 1. The van der Waals surface area contributed by atoms with Crippen LogP contribution in [0.1, 0.15) is 23.7 Å². The Morgan fingerprint density at radius 1 is 1.41 bits per heavy atom. The van der Waals surface area contributed by atoms with Crippen LogP contribution in [0.5, 0.6) is 5.75 Å². The molecule has 2 nitrogen and oxygen atoms in total. The number of hydrogen-bond acceptors (Lipinski definition) is 2. The number of hydrogen-bond donors (Lipinski definition) is 0. The van der Waals surface area contributed by atoms with Crippen LogP contribution in [0.2, 0.25) is 0 Å². The Labute approximate surface area is 105 Å². The minimum absolute atomic E-state index is 0.334. The largest absolute Gasteiger partial charge is 0.492 e. The Morgan fingerprint density at radius 2 is 2.06 bits per heavy atom. The molecule has 1 aromatic carbocycles. The zero-order chi connectivity index (χ0) is 13.1. The summed E-state index contributed by atoms with van der Waals surface area (Å²) in [4.78, 5) is 11.0. The molecule has 0 fully saturated rings. The smallest absolute Gasteiger partial charge is 0.454 e. The number of carbonyl (C=O) groups is 1. The second-order valence-corrected chi connectivity index (χ2v) is 4.17. The first-order valence-corrected chi connectivity index (χ1v) is 5.69. The molecular weight excluding hydrogens is 301 g/mol. The fourth-order valence-electron chi connectivity index (χ4n) is 1.13. The summed E-state index contributed by atoms with van der Waals surface area (Å²) in [7, 11) is 0. The molecule has 0 unspecified atom stereocenters. The van der Waals surface area contributed by atoms with Gasteiger partial charge in [-0.05, 0) is 40.5 Å². The first kappa shape index (κ1) is 14.0. The minimum Gasteiger partial charge on any atom is -0.492 e. The number of rotatable bonds is 4. The van der Waals surface area contributed by atoms with Crippen LogP contribution in [-0.4, -0.2) is 18.6 Å². The van der Waals surface area contributed by atoms with Gasteiger partial charge in [0.1, 0.15) is 5.75 Å². The number of Topliss-reactive ketones (excluding diaryl/α,β-unsaturated/α-hetero) is 1. The van der Waals surface area contributed by atoms with Gasteiger partial charge in [-0.2, -0.15) is 13.2 Å². The van der Waals surface area contributed by atoms with E-state index in [1.165, 1.54) is 6.07 Å². The third kappa shape index (κ3) is 3.73. The zero-order valence-electron chi connectivity index (χ0n) is 8.97. The van der Waals surface area contributed by atoms with Gasteiger partial charge in [-0.3, -0.25) is 4.79 Å². The number of alkyl halides is 3. The van der Waals surface area contributed by atoms with Crippen molar-refractivity contribution >= 4 is 21.7 Å². The Hall–Kier alpha value is -1.04. The summed E-state index contributed by atoms with van der Waals surface area (Å²) in [5, 5.41) is 0. The Bertz CT molecular complexity index is 416. The number of benzene rings is 1. The van der Waals surface area contributed by atoms with Gasteiger partial charge in [0.05, 0.1) is 11.1 Å². The lowest BCUT2D eigenvalue weighted by Crippen LogP contribution is -2.22. The van der Waals surface area contributed by atoms with E-state index >= 15 is 0 Å². The molecule has 0 spiro atoms. The third-order valence-electron chi connectivity index (χ3n) is 1.91. The van der Waals surface area contributed by atoms with Crippen molar-refractivity contribution in [1.29, 1.82) is 0 Å². The molecule has 0 aromatic heterocycles. The van der Waals surface area contributed by atoms with Gasteiger partial charge in [0.25, 0.3) is 5.78 Å². The Morgan fingerprint density at radius 3 is 2.53 bits per heavy atom. The van der Waals surface area contributed by atoms with E-state index in [0.29, 0.717) is 16.8 Å². The molecule has 0 saturated heterocycles. The second kappa shape index (κ2) is 5.53. The van der Waals surface area contributed by atoms with E-state index in [1.54, 1.807) is 0 Å². The van der Waals surface area contributed by atoms with Crippen molar-refractivity contribution in [3.05, 3.63) is 28.2 Å². The van der Waals surface area contributed by atoms with Gasteiger partial charge in [-0.1, -0.05) is 6.92 Å². The Kier molecular flexibility index (Phi) is 4.56. The maximum Gasteiger partial charge on any atom is 0.454 e. The van der Waals surface area contributed by atoms with Gasteiger partial charge < -0.3 is 4.74 Å². The first-order chi connectivity index (χ1) is 7.86. The van der Waals surface area contributed by atoms with Gasteiger partial charge in [0, 0.05) is 5.56 Å². The summed E-state index contributed by atoms with van der Waals surface area (Å²) in [5.74, 6) is -1.44. The van der Waals surface area contributed by atoms with Crippen LogP contribution < -0.4 is 4.74 Å². The summed E-state index contributed by atoms with van der Waals surface area (Å²) < 4.78 is 42.1. The molecule has 0 aliphatic heterocycles. The van der Waals surface area contributed by atoms with E-state index < -0.39 is 17.5 Å². The number of halogens is 4. The second-order valence-electron chi connectivity index (χ2n) is 3.32. The fraction of sp³-hybridized carbons (Fsp3) is 0.364. The highest BCUT2D eigenvalue weighted by atomic mass is 79.9. The monoisotopic (exact) mass is 310 g/mol. The summed E-state index contributed by atoms with van der Waals surface area (Å²) in [5.41, 5.74) is -0.409. The van der Waals surface area contributed by atoms with Crippen LogP contribution in [0.25, 0.3) is 0 Å². The van der Waals surface area contributed by atoms with E-state index in [0.717, 1.165) is 18.6 Å². The van der Waals surface area contributed by atoms with Crippen LogP contribution >= 0.6 is 15.9 Å². The molecule has 17 heavy (non-hydrogen) atoms. The van der Waals surface area contributed by atoms with Crippen LogP contribution in [0.15, 0.2) is 22.7 Å². The average molecular weight is 311 g/mol. The van der Waals surface area contributed by atoms with E-state index in [2.05, 4.69) is 15.9 Å².